The number of hydrogen-bond acceptors (Lipinski definition) is 2. The van der Waals surface area contributed by atoms with Crippen LogP contribution in [0.3, 0.4) is 0 Å². The molecule has 2 nitrogen and oxygen atoms in total. The Labute approximate surface area is 110 Å². The molecule has 0 aromatic heterocycles. The fourth-order valence-corrected chi connectivity index (χ4v) is 2.68. The molecule has 0 spiro atoms. The molecule has 0 N–H and O–H groups in total. The molecule has 0 saturated heterocycles. The van der Waals surface area contributed by atoms with E-state index in [0.717, 1.165) is 0 Å². The first-order chi connectivity index (χ1) is 8.54. The van der Waals surface area contributed by atoms with Gasteiger partial charge in [0, 0.05) is 0 Å². The van der Waals surface area contributed by atoms with Gasteiger partial charge < -0.3 is 0 Å². The average molecular weight is 264 g/mol. The molecular weight excluding hydrogens is 244 g/mol. The topological polar surface area (TPSA) is 34.1 Å². The van der Waals surface area contributed by atoms with Gasteiger partial charge in [0.1, 0.15) is 0 Å². The van der Waals surface area contributed by atoms with Gasteiger partial charge in [0.25, 0.3) is 0 Å². The van der Waals surface area contributed by atoms with Crippen molar-refractivity contribution in [1.82, 2.24) is 0 Å². The van der Waals surface area contributed by atoms with Gasteiger partial charge in [0.15, 0.2) is 0 Å². The van der Waals surface area contributed by atoms with Crippen molar-refractivity contribution in [2.24, 2.45) is 0 Å². The lowest BCUT2D eigenvalue weighted by Gasteiger charge is -2.05. The third-order valence-electron chi connectivity index (χ3n) is 2.08. The molecule has 0 rings (SSSR count). The summed E-state index contributed by atoms with van der Waals surface area (Å²) < 4.78 is 24.7. The van der Waals surface area contributed by atoms with Crippen molar-refractivity contribution in [2.75, 3.05) is 0 Å². The molecule has 0 unspecified atom stereocenters. The molecule has 0 bridgehead atoms. The summed E-state index contributed by atoms with van der Waals surface area (Å²) in [7, 11) is -3.47. The average Bonchev–Trinajstić information content (AvgIpc) is 2.34. The summed E-state index contributed by atoms with van der Waals surface area (Å²) in [6.07, 6.45) is 14.7. The molecule has 0 aliphatic rings. The fraction of sp³-hybridized carbons (Fsp3) is 0.200. The van der Waals surface area contributed by atoms with Crippen molar-refractivity contribution in [3.63, 3.8) is 0 Å². The summed E-state index contributed by atoms with van der Waals surface area (Å²) in [5, 5.41) is 0. The SMILES string of the molecule is C=C/C=C(\C=C/C)S(=O)(=O)C(/C=C\C=C/C)=C/C. The second-order valence-electron chi connectivity index (χ2n) is 3.38. The van der Waals surface area contributed by atoms with Gasteiger partial charge in [-0.05, 0) is 39.0 Å². The second-order valence-corrected chi connectivity index (χ2v) is 5.33. The van der Waals surface area contributed by atoms with E-state index in [4.69, 9.17) is 0 Å². The summed E-state index contributed by atoms with van der Waals surface area (Å²) in [6, 6.07) is 0. The highest BCUT2D eigenvalue weighted by Gasteiger charge is 2.18. The van der Waals surface area contributed by atoms with E-state index in [1.54, 1.807) is 50.3 Å². The lowest BCUT2D eigenvalue weighted by molar-refractivity contribution is 0.609. The Kier molecular flexibility index (Phi) is 7.72. The molecule has 0 aliphatic heterocycles. The first-order valence-corrected chi connectivity index (χ1v) is 7.19. The summed E-state index contributed by atoms with van der Waals surface area (Å²) in [4.78, 5) is 0.505. The minimum absolute atomic E-state index is 0.234. The van der Waals surface area contributed by atoms with Crippen molar-refractivity contribution < 1.29 is 8.42 Å². The van der Waals surface area contributed by atoms with Crippen molar-refractivity contribution in [3.8, 4) is 0 Å². The highest BCUT2D eigenvalue weighted by molar-refractivity contribution is 7.99. The zero-order valence-corrected chi connectivity index (χ0v) is 11.9. The van der Waals surface area contributed by atoms with Crippen LogP contribution in [0.4, 0.5) is 0 Å². The van der Waals surface area contributed by atoms with E-state index >= 15 is 0 Å². The molecule has 18 heavy (non-hydrogen) atoms. The van der Waals surface area contributed by atoms with Crippen LogP contribution in [0.2, 0.25) is 0 Å². The number of sulfone groups is 1. The first-order valence-electron chi connectivity index (χ1n) is 5.70. The summed E-state index contributed by atoms with van der Waals surface area (Å²) in [5.41, 5.74) is 0. The molecule has 0 fully saturated rings. The van der Waals surface area contributed by atoms with E-state index in [1.807, 2.05) is 13.0 Å². The molecule has 0 aromatic rings. The Balaban J connectivity index is 5.59. The second kappa shape index (κ2) is 8.48. The predicted molar refractivity (Wildman–Crippen MR) is 79.7 cm³/mol. The van der Waals surface area contributed by atoms with Gasteiger partial charge in [-0.3, -0.25) is 0 Å². The molecular formula is C15H20O2S. The third-order valence-corrected chi connectivity index (χ3v) is 3.97. The molecule has 98 valence electrons. The standard InChI is InChI=1S/C15H20O2S/c1-5-9-10-13-14(8-4)18(16,17)15(11-6-2)12-7-3/h5-13H,2H2,1,3-4H3/b9-5-,12-7-,13-10-,14-8+,15-11+. The van der Waals surface area contributed by atoms with Crippen LogP contribution in [0, 0.1) is 0 Å². The summed E-state index contributed by atoms with van der Waals surface area (Å²) >= 11 is 0. The highest BCUT2D eigenvalue weighted by atomic mass is 32.2. The Bertz CT molecular complexity index is 513. The van der Waals surface area contributed by atoms with Crippen LogP contribution in [-0.2, 0) is 9.84 Å². The largest absolute Gasteiger partial charge is 0.219 e. The molecule has 3 heteroatoms. The number of hydrogen-bond donors (Lipinski definition) is 0. The van der Waals surface area contributed by atoms with Crippen LogP contribution < -0.4 is 0 Å². The predicted octanol–water partition coefficient (Wildman–Crippen LogP) is 4.08. The molecule has 0 saturated carbocycles. The Hall–Kier alpha value is -1.61. The van der Waals surface area contributed by atoms with Crippen molar-refractivity contribution in [3.05, 3.63) is 71.1 Å². The maximum atomic E-state index is 12.3. The Morgan fingerprint density at radius 2 is 1.61 bits per heavy atom. The number of rotatable bonds is 6. The maximum Gasteiger partial charge on any atom is 0.206 e. The Morgan fingerprint density at radius 1 is 0.944 bits per heavy atom. The summed E-state index contributed by atoms with van der Waals surface area (Å²) in [5.74, 6) is 0. The van der Waals surface area contributed by atoms with Gasteiger partial charge in [0.05, 0.1) is 9.81 Å². The smallest absolute Gasteiger partial charge is 0.206 e. The van der Waals surface area contributed by atoms with E-state index in [2.05, 4.69) is 6.58 Å². The molecule has 0 atom stereocenters. The molecule has 0 radical (unpaired) electrons. The number of allylic oxidation sites excluding steroid dienone is 9. The van der Waals surface area contributed by atoms with Gasteiger partial charge in [-0.15, -0.1) is 0 Å². The van der Waals surface area contributed by atoms with Crippen LogP contribution in [-0.4, -0.2) is 8.42 Å². The molecule has 0 heterocycles. The maximum absolute atomic E-state index is 12.3. The van der Waals surface area contributed by atoms with Gasteiger partial charge in [-0.1, -0.05) is 43.0 Å². The van der Waals surface area contributed by atoms with Gasteiger partial charge in [-0.2, -0.15) is 0 Å². The van der Waals surface area contributed by atoms with E-state index in [0.29, 0.717) is 0 Å². The quantitative estimate of drug-likeness (QED) is 0.677. The van der Waals surface area contributed by atoms with Crippen LogP contribution >= 0.6 is 0 Å². The van der Waals surface area contributed by atoms with Gasteiger partial charge in [0.2, 0.25) is 9.84 Å². The van der Waals surface area contributed by atoms with Crippen LogP contribution in [0.1, 0.15) is 20.8 Å². The van der Waals surface area contributed by atoms with E-state index < -0.39 is 9.84 Å². The van der Waals surface area contributed by atoms with E-state index in [-0.39, 0.29) is 9.81 Å². The normalized spacial score (nSPS) is 15.1. The van der Waals surface area contributed by atoms with E-state index in [1.165, 1.54) is 12.2 Å². The van der Waals surface area contributed by atoms with Crippen LogP contribution in [0.15, 0.2) is 71.1 Å². The highest BCUT2D eigenvalue weighted by Crippen LogP contribution is 2.20. The lowest BCUT2D eigenvalue weighted by Crippen LogP contribution is -2.04. The minimum atomic E-state index is -3.47. The van der Waals surface area contributed by atoms with Crippen molar-refractivity contribution in [2.45, 2.75) is 20.8 Å². The fourth-order valence-electron chi connectivity index (χ4n) is 1.25. The molecule has 0 amide bonds. The Morgan fingerprint density at radius 3 is 2.06 bits per heavy atom. The van der Waals surface area contributed by atoms with Crippen molar-refractivity contribution >= 4 is 9.84 Å². The first kappa shape index (κ1) is 16.4. The summed E-state index contributed by atoms with van der Waals surface area (Å²) in [6.45, 7) is 8.88. The van der Waals surface area contributed by atoms with Crippen LogP contribution in [0.25, 0.3) is 0 Å². The monoisotopic (exact) mass is 264 g/mol. The molecule has 0 aromatic carbocycles. The third kappa shape index (κ3) is 4.72. The minimum Gasteiger partial charge on any atom is -0.219 e. The van der Waals surface area contributed by atoms with Crippen LogP contribution in [0.5, 0.6) is 0 Å². The molecule has 0 aliphatic carbocycles. The van der Waals surface area contributed by atoms with Gasteiger partial charge >= 0.3 is 0 Å². The van der Waals surface area contributed by atoms with E-state index in [9.17, 15) is 8.42 Å². The van der Waals surface area contributed by atoms with Crippen molar-refractivity contribution in [1.29, 1.82) is 0 Å². The van der Waals surface area contributed by atoms with Gasteiger partial charge in [-0.25, -0.2) is 8.42 Å². The lowest BCUT2D eigenvalue weighted by atomic mass is 10.4. The zero-order valence-electron chi connectivity index (χ0n) is 11.1. The zero-order chi connectivity index (χ0) is 14.0.